The molecule has 0 radical (unpaired) electrons. The number of aliphatic hydroxyl groups is 3. The summed E-state index contributed by atoms with van der Waals surface area (Å²) in [6.07, 6.45) is 3.81. The van der Waals surface area contributed by atoms with Crippen LogP contribution in [0.15, 0.2) is 35.5 Å². The standard InChI is InChI=1S/C31H39N5O7/c1-30(2,3)19-12-36(13-33-19)11-15-10-18(34(4)5)16-8-14-9-17-23(35(6)7)26(39)22(29(32)42)28(41)31(17,43)27(40)20(14)25(38)21(16)24(15)37/h10,12-14,17,23,37-38,41,43H,8-9,11H2,1-7H3,(H2,32,42)/t14?,17-,23?,31-/m0/s1. The lowest BCUT2D eigenvalue weighted by Crippen LogP contribution is -2.65. The molecule has 1 aromatic carbocycles. The molecule has 5 rings (SSSR count). The molecule has 43 heavy (non-hydrogen) atoms. The van der Waals surface area contributed by atoms with Crippen LogP contribution in [-0.2, 0) is 32.8 Å². The molecule has 2 aromatic rings. The first kappa shape index (κ1) is 30.3. The lowest BCUT2D eigenvalue weighted by molar-refractivity contribution is -0.153. The van der Waals surface area contributed by atoms with Gasteiger partial charge < -0.3 is 35.6 Å². The Labute approximate surface area is 249 Å². The molecule has 6 N–H and O–H groups in total. The summed E-state index contributed by atoms with van der Waals surface area (Å²) in [5.41, 5.74) is 4.26. The molecule has 1 saturated carbocycles. The van der Waals surface area contributed by atoms with Crippen LogP contribution in [-0.4, -0.2) is 92.2 Å². The maximum atomic E-state index is 14.1. The minimum atomic E-state index is -2.68. The van der Waals surface area contributed by atoms with Gasteiger partial charge in [-0.2, -0.15) is 0 Å². The first-order valence-electron chi connectivity index (χ1n) is 14.1. The Morgan fingerprint density at radius 1 is 1.16 bits per heavy atom. The molecular weight excluding hydrogens is 554 g/mol. The summed E-state index contributed by atoms with van der Waals surface area (Å²) < 4.78 is 1.82. The van der Waals surface area contributed by atoms with Gasteiger partial charge >= 0.3 is 0 Å². The zero-order chi connectivity index (χ0) is 31.9. The predicted molar refractivity (Wildman–Crippen MR) is 159 cm³/mol. The minimum Gasteiger partial charge on any atom is -0.508 e. The zero-order valence-corrected chi connectivity index (χ0v) is 25.5. The van der Waals surface area contributed by atoms with E-state index in [0.29, 0.717) is 11.1 Å². The summed E-state index contributed by atoms with van der Waals surface area (Å²) in [4.78, 5) is 47.5. The first-order chi connectivity index (χ1) is 19.9. The van der Waals surface area contributed by atoms with E-state index in [1.165, 1.54) is 4.90 Å². The van der Waals surface area contributed by atoms with Crippen molar-refractivity contribution < 1.29 is 34.8 Å². The van der Waals surface area contributed by atoms with Crippen molar-refractivity contribution >= 4 is 28.9 Å². The van der Waals surface area contributed by atoms with E-state index in [1.807, 2.05) is 56.6 Å². The number of fused-ring (bicyclic) bond motifs is 3. The molecule has 0 saturated heterocycles. The highest BCUT2D eigenvalue weighted by molar-refractivity contribution is 6.24. The molecule has 2 unspecified atom stereocenters. The fourth-order valence-corrected chi connectivity index (χ4v) is 6.90. The van der Waals surface area contributed by atoms with Crippen LogP contribution in [0.1, 0.15) is 49.6 Å². The van der Waals surface area contributed by atoms with Gasteiger partial charge in [0.15, 0.2) is 11.4 Å². The Morgan fingerprint density at radius 3 is 2.35 bits per heavy atom. The van der Waals surface area contributed by atoms with E-state index in [9.17, 15) is 34.8 Å². The normalized spacial score (nSPS) is 25.6. The second-order valence-electron chi connectivity index (χ2n) is 13.3. The van der Waals surface area contributed by atoms with Gasteiger partial charge in [-0.15, -0.1) is 0 Å². The molecule has 1 amide bonds. The number of aliphatic hydroxyl groups excluding tert-OH is 2. The van der Waals surface area contributed by atoms with Crippen molar-refractivity contribution in [3.8, 4) is 5.75 Å². The van der Waals surface area contributed by atoms with Gasteiger partial charge in [-0.3, -0.25) is 19.3 Å². The highest BCUT2D eigenvalue weighted by Gasteiger charge is 2.64. The van der Waals surface area contributed by atoms with Crippen LogP contribution in [0.3, 0.4) is 0 Å². The monoisotopic (exact) mass is 593 g/mol. The molecule has 1 fully saturated rings. The van der Waals surface area contributed by atoms with Crippen molar-refractivity contribution in [2.24, 2.45) is 17.6 Å². The lowest BCUT2D eigenvalue weighted by atomic mass is 9.57. The van der Waals surface area contributed by atoms with Crippen LogP contribution < -0.4 is 10.6 Å². The van der Waals surface area contributed by atoms with Crippen molar-refractivity contribution in [3.05, 3.63) is 57.9 Å². The Bertz CT molecular complexity index is 1630. The van der Waals surface area contributed by atoms with E-state index >= 15 is 0 Å². The SMILES string of the molecule is CN(C)c1cc(Cn2cnc(C(C)(C)C)c2)c(O)c2c1CC1C[C@H]3C(N(C)C)C(=O)C(C(N)=O)=C(O)[C@@]3(O)C(=O)C1=C2O. The number of aromatic nitrogens is 2. The number of anilines is 1. The van der Waals surface area contributed by atoms with Crippen LogP contribution in [0.25, 0.3) is 5.76 Å². The van der Waals surface area contributed by atoms with Gasteiger partial charge in [0, 0.05) is 48.4 Å². The Kier molecular flexibility index (Phi) is 7.01. The number of carbonyl (C=O) groups is 3. The third-order valence-electron chi connectivity index (χ3n) is 9.01. The number of primary amides is 1. The van der Waals surface area contributed by atoms with Crippen LogP contribution >= 0.6 is 0 Å². The van der Waals surface area contributed by atoms with Gasteiger partial charge in [-0.25, -0.2) is 4.98 Å². The number of rotatable bonds is 5. The van der Waals surface area contributed by atoms with Crippen molar-refractivity contribution in [3.63, 3.8) is 0 Å². The van der Waals surface area contributed by atoms with Gasteiger partial charge in [0.25, 0.3) is 5.91 Å². The molecule has 230 valence electrons. The van der Waals surface area contributed by atoms with E-state index in [0.717, 1.165) is 11.4 Å². The zero-order valence-electron chi connectivity index (χ0n) is 25.5. The quantitative estimate of drug-likeness (QED) is 0.319. The van der Waals surface area contributed by atoms with E-state index in [-0.39, 0.29) is 41.7 Å². The molecular formula is C31H39N5O7. The number of hydrogen-bond donors (Lipinski definition) is 5. The summed E-state index contributed by atoms with van der Waals surface area (Å²) >= 11 is 0. The molecule has 1 aromatic heterocycles. The van der Waals surface area contributed by atoms with Gasteiger partial charge in [0.05, 0.1) is 30.2 Å². The molecule has 4 atom stereocenters. The lowest BCUT2D eigenvalue weighted by Gasteiger charge is -2.50. The molecule has 3 aliphatic carbocycles. The molecule has 1 heterocycles. The maximum Gasteiger partial charge on any atom is 0.255 e. The number of phenolic OH excluding ortho intramolecular Hbond substituents is 1. The minimum absolute atomic E-state index is 0.0335. The third kappa shape index (κ3) is 4.42. The topological polar surface area (TPSA) is 182 Å². The Morgan fingerprint density at radius 2 is 1.81 bits per heavy atom. The van der Waals surface area contributed by atoms with E-state index in [4.69, 9.17) is 5.73 Å². The number of benzene rings is 1. The van der Waals surface area contributed by atoms with Crippen LogP contribution in [0.5, 0.6) is 5.75 Å². The predicted octanol–water partition coefficient (Wildman–Crippen LogP) is 1.57. The largest absolute Gasteiger partial charge is 0.508 e. The maximum absolute atomic E-state index is 14.1. The smallest absolute Gasteiger partial charge is 0.255 e. The number of imidazole rings is 1. The van der Waals surface area contributed by atoms with E-state index < -0.39 is 58.0 Å². The number of amides is 1. The fraction of sp³-hybridized carbons (Fsp3) is 0.484. The number of aromatic hydroxyl groups is 1. The van der Waals surface area contributed by atoms with Gasteiger partial charge in [-0.05, 0) is 44.5 Å². The van der Waals surface area contributed by atoms with Gasteiger partial charge in [0.2, 0.25) is 5.78 Å². The van der Waals surface area contributed by atoms with Gasteiger partial charge in [-0.1, -0.05) is 20.8 Å². The summed E-state index contributed by atoms with van der Waals surface area (Å²) in [5.74, 6) is -6.69. The van der Waals surface area contributed by atoms with Crippen LogP contribution in [0, 0.1) is 11.8 Å². The van der Waals surface area contributed by atoms with Crippen LogP contribution in [0.4, 0.5) is 5.69 Å². The number of nitrogens with two attached hydrogens (primary N) is 1. The molecule has 0 spiro atoms. The second-order valence-corrected chi connectivity index (χ2v) is 13.3. The third-order valence-corrected chi connectivity index (χ3v) is 9.01. The summed E-state index contributed by atoms with van der Waals surface area (Å²) in [6.45, 7) is 6.36. The highest BCUT2D eigenvalue weighted by Crippen LogP contribution is 2.54. The van der Waals surface area contributed by atoms with Crippen LogP contribution in [0.2, 0.25) is 0 Å². The molecule has 3 aliphatic rings. The number of likely N-dealkylation sites (N-methyl/N-ethyl adjacent to an activating group) is 1. The number of Topliss-reactive ketones (excluding diaryl/α,β-unsaturated/α-hetero) is 2. The summed E-state index contributed by atoms with van der Waals surface area (Å²) in [5, 5.41) is 46.1. The van der Waals surface area contributed by atoms with E-state index in [2.05, 4.69) is 4.98 Å². The fourth-order valence-electron chi connectivity index (χ4n) is 6.90. The van der Waals surface area contributed by atoms with Crippen molar-refractivity contribution in [1.29, 1.82) is 0 Å². The number of nitrogens with zero attached hydrogens (tertiary/aromatic N) is 4. The summed E-state index contributed by atoms with van der Waals surface area (Å²) in [6, 6.07) is 0.708. The molecule has 0 bridgehead atoms. The van der Waals surface area contributed by atoms with Crippen molar-refractivity contribution in [1.82, 2.24) is 14.5 Å². The van der Waals surface area contributed by atoms with Crippen molar-refractivity contribution in [2.45, 2.75) is 57.2 Å². The molecule has 12 heteroatoms. The van der Waals surface area contributed by atoms with Crippen molar-refractivity contribution in [2.75, 3.05) is 33.1 Å². The van der Waals surface area contributed by atoms with Gasteiger partial charge in [0.1, 0.15) is 22.8 Å². The summed E-state index contributed by atoms with van der Waals surface area (Å²) in [7, 11) is 6.81. The average Bonchev–Trinajstić information content (AvgIpc) is 3.36. The Hall–Kier alpha value is -4.16. The Balaban J connectivity index is 1.69. The number of phenols is 1. The molecule has 0 aliphatic heterocycles. The number of carbonyl (C=O) groups excluding carboxylic acids is 3. The average molecular weight is 594 g/mol. The molecule has 12 nitrogen and oxygen atoms in total. The highest BCUT2D eigenvalue weighted by atomic mass is 16.3. The van der Waals surface area contributed by atoms with E-state index in [1.54, 1.807) is 20.4 Å². The number of hydrogen-bond acceptors (Lipinski definition) is 10. The number of ketones is 2. The second kappa shape index (κ2) is 9.95. The first-order valence-corrected chi connectivity index (χ1v) is 14.1.